The zero-order valence-corrected chi connectivity index (χ0v) is 11.3. The number of rotatable bonds is 6. The highest BCUT2D eigenvalue weighted by molar-refractivity contribution is 7.99. The lowest BCUT2D eigenvalue weighted by Crippen LogP contribution is -2.29. The van der Waals surface area contributed by atoms with Crippen LogP contribution in [0.2, 0.25) is 0 Å². The van der Waals surface area contributed by atoms with Gasteiger partial charge < -0.3 is 11.1 Å². The maximum absolute atomic E-state index is 11.9. The molecule has 0 bridgehead atoms. The van der Waals surface area contributed by atoms with Gasteiger partial charge >= 0.3 is 0 Å². The predicted octanol–water partition coefficient (Wildman–Crippen LogP) is 1.85. The van der Waals surface area contributed by atoms with Crippen molar-refractivity contribution in [3.8, 4) is 12.3 Å². The molecule has 0 saturated heterocycles. The van der Waals surface area contributed by atoms with Crippen molar-refractivity contribution in [3.63, 3.8) is 0 Å². The Hall–Kier alpha value is -1.60. The Kier molecular flexibility index (Phi) is 6.16. The summed E-state index contributed by atoms with van der Waals surface area (Å²) in [5.74, 6) is 3.89. The minimum Gasteiger partial charge on any atom is -0.399 e. The van der Waals surface area contributed by atoms with Crippen molar-refractivity contribution in [2.45, 2.75) is 12.8 Å². The van der Waals surface area contributed by atoms with Crippen LogP contribution < -0.4 is 11.1 Å². The van der Waals surface area contributed by atoms with Crippen molar-refractivity contribution in [1.82, 2.24) is 5.32 Å². The molecular formula is C14H18N2OS. The van der Waals surface area contributed by atoms with Crippen molar-refractivity contribution < 1.29 is 4.79 Å². The summed E-state index contributed by atoms with van der Waals surface area (Å²) in [4.78, 5) is 11.9. The third-order valence-corrected chi connectivity index (χ3v) is 3.40. The van der Waals surface area contributed by atoms with Crippen LogP contribution in [0.3, 0.4) is 0 Å². The summed E-state index contributed by atoms with van der Waals surface area (Å²) in [6.45, 7) is 2.51. The predicted molar refractivity (Wildman–Crippen MR) is 78.4 cm³/mol. The molecule has 1 aromatic rings. The van der Waals surface area contributed by atoms with Crippen LogP contribution in [0, 0.1) is 12.3 Å². The van der Waals surface area contributed by atoms with Crippen LogP contribution in [0.1, 0.15) is 18.4 Å². The van der Waals surface area contributed by atoms with E-state index in [1.54, 1.807) is 11.8 Å². The van der Waals surface area contributed by atoms with Gasteiger partial charge in [0.2, 0.25) is 5.91 Å². The molecule has 0 aromatic heterocycles. The summed E-state index contributed by atoms with van der Waals surface area (Å²) in [5, 5.41) is 2.89. The van der Waals surface area contributed by atoms with Crippen LogP contribution >= 0.6 is 11.8 Å². The SMILES string of the molecule is C#CCSCCNC(=O)C(C)c1cccc(N)c1. The monoisotopic (exact) mass is 262 g/mol. The van der Waals surface area contributed by atoms with E-state index in [2.05, 4.69) is 11.2 Å². The molecule has 1 amide bonds. The van der Waals surface area contributed by atoms with Gasteiger partial charge in [-0.2, -0.15) is 0 Å². The number of terminal acetylenes is 1. The number of nitrogen functional groups attached to an aromatic ring is 1. The molecule has 0 spiro atoms. The van der Waals surface area contributed by atoms with Crippen molar-refractivity contribution in [2.24, 2.45) is 0 Å². The van der Waals surface area contributed by atoms with Gasteiger partial charge in [0.25, 0.3) is 0 Å². The Bertz CT molecular complexity index is 440. The number of hydrogen-bond acceptors (Lipinski definition) is 3. The molecule has 1 aromatic carbocycles. The first-order valence-corrected chi connectivity index (χ1v) is 6.95. The number of carbonyl (C=O) groups is 1. The third-order valence-electron chi connectivity index (χ3n) is 2.53. The van der Waals surface area contributed by atoms with Crippen molar-refractivity contribution in [3.05, 3.63) is 29.8 Å². The second-order valence-corrected chi connectivity index (χ2v) is 5.04. The molecule has 18 heavy (non-hydrogen) atoms. The van der Waals surface area contributed by atoms with Gasteiger partial charge in [0.15, 0.2) is 0 Å². The lowest BCUT2D eigenvalue weighted by atomic mass is 10.00. The molecule has 3 N–H and O–H groups in total. The average molecular weight is 262 g/mol. The Morgan fingerprint density at radius 3 is 3.06 bits per heavy atom. The number of amides is 1. The number of anilines is 1. The van der Waals surface area contributed by atoms with Gasteiger partial charge in [-0.25, -0.2) is 0 Å². The number of nitrogens with two attached hydrogens (primary N) is 1. The summed E-state index contributed by atoms with van der Waals surface area (Å²) < 4.78 is 0. The van der Waals surface area contributed by atoms with E-state index >= 15 is 0 Å². The smallest absolute Gasteiger partial charge is 0.227 e. The fourth-order valence-corrected chi connectivity index (χ4v) is 2.02. The summed E-state index contributed by atoms with van der Waals surface area (Å²) in [6.07, 6.45) is 5.14. The van der Waals surface area contributed by atoms with Gasteiger partial charge in [0.05, 0.1) is 11.7 Å². The quantitative estimate of drug-likeness (QED) is 0.467. The summed E-state index contributed by atoms with van der Waals surface area (Å²) in [6, 6.07) is 7.41. The molecule has 0 aliphatic rings. The van der Waals surface area contributed by atoms with E-state index < -0.39 is 0 Å². The van der Waals surface area contributed by atoms with Crippen LogP contribution in [0.25, 0.3) is 0 Å². The third kappa shape index (κ3) is 4.72. The lowest BCUT2D eigenvalue weighted by Gasteiger charge is -2.12. The summed E-state index contributed by atoms with van der Waals surface area (Å²) in [5.41, 5.74) is 7.31. The summed E-state index contributed by atoms with van der Waals surface area (Å²) in [7, 11) is 0. The molecule has 1 rings (SSSR count). The van der Waals surface area contributed by atoms with Crippen LogP contribution in [0.5, 0.6) is 0 Å². The molecule has 0 fully saturated rings. The van der Waals surface area contributed by atoms with E-state index in [-0.39, 0.29) is 11.8 Å². The zero-order valence-electron chi connectivity index (χ0n) is 10.5. The zero-order chi connectivity index (χ0) is 13.4. The second kappa shape index (κ2) is 7.67. The first kappa shape index (κ1) is 14.5. The fraction of sp³-hybridized carbons (Fsp3) is 0.357. The number of carbonyl (C=O) groups excluding carboxylic acids is 1. The second-order valence-electron chi connectivity index (χ2n) is 3.94. The highest BCUT2D eigenvalue weighted by Crippen LogP contribution is 2.17. The molecule has 0 aliphatic heterocycles. The van der Waals surface area contributed by atoms with E-state index in [1.807, 2.05) is 31.2 Å². The standard InChI is InChI=1S/C14H18N2OS/c1-3-8-18-9-7-16-14(17)11(2)12-5-4-6-13(15)10-12/h1,4-6,10-11H,7-9,15H2,2H3,(H,16,17). The topological polar surface area (TPSA) is 55.1 Å². The van der Waals surface area contributed by atoms with E-state index in [4.69, 9.17) is 12.2 Å². The van der Waals surface area contributed by atoms with Gasteiger partial charge in [-0.1, -0.05) is 18.1 Å². The normalized spacial score (nSPS) is 11.6. The van der Waals surface area contributed by atoms with Gasteiger partial charge in [-0.15, -0.1) is 18.2 Å². The molecule has 0 saturated carbocycles. The van der Waals surface area contributed by atoms with E-state index in [9.17, 15) is 4.79 Å². The first-order chi connectivity index (χ1) is 8.65. The van der Waals surface area contributed by atoms with Gasteiger partial charge in [-0.3, -0.25) is 4.79 Å². The maximum Gasteiger partial charge on any atom is 0.227 e. The maximum atomic E-state index is 11.9. The van der Waals surface area contributed by atoms with Crippen molar-refractivity contribution in [1.29, 1.82) is 0 Å². The minimum atomic E-state index is -0.189. The van der Waals surface area contributed by atoms with Crippen LogP contribution in [0.4, 0.5) is 5.69 Å². The molecule has 1 atom stereocenters. The Morgan fingerprint density at radius 1 is 1.61 bits per heavy atom. The molecule has 4 heteroatoms. The van der Waals surface area contributed by atoms with Gasteiger partial charge in [0, 0.05) is 18.0 Å². The lowest BCUT2D eigenvalue weighted by molar-refractivity contribution is -0.122. The molecule has 3 nitrogen and oxygen atoms in total. The van der Waals surface area contributed by atoms with E-state index in [0.29, 0.717) is 18.0 Å². The number of hydrogen-bond donors (Lipinski definition) is 2. The van der Waals surface area contributed by atoms with Crippen molar-refractivity contribution in [2.75, 3.05) is 23.8 Å². The first-order valence-electron chi connectivity index (χ1n) is 5.79. The molecule has 96 valence electrons. The number of nitrogens with one attached hydrogen (secondary N) is 1. The minimum absolute atomic E-state index is 0.0157. The molecule has 0 radical (unpaired) electrons. The Morgan fingerprint density at radius 2 is 2.39 bits per heavy atom. The van der Waals surface area contributed by atoms with Gasteiger partial charge in [0.1, 0.15) is 0 Å². The van der Waals surface area contributed by atoms with E-state index in [0.717, 1.165) is 11.3 Å². The summed E-state index contributed by atoms with van der Waals surface area (Å²) >= 11 is 1.63. The number of benzene rings is 1. The largest absolute Gasteiger partial charge is 0.399 e. The van der Waals surface area contributed by atoms with Gasteiger partial charge in [-0.05, 0) is 24.6 Å². The number of thioether (sulfide) groups is 1. The average Bonchev–Trinajstić information content (AvgIpc) is 2.37. The van der Waals surface area contributed by atoms with Crippen LogP contribution in [-0.4, -0.2) is 24.0 Å². The van der Waals surface area contributed by atoms with Crippen LogP contribution in [-0.2, 0) is 4.79 Å². The Labute approximate surface area is 113 Å². The fourth-order valence-electron chi connectivity index (χ4n) is 1.51. The molecule has 0 heterocycles. The van der Waals surface area contributed by atoms with Crippen LogP contribution in [0.15, 0.2) is 24.3 Å². The van der Waals surface area contributed by atoms with Crippen molar-refractivity contribution >= 4 is 23.4 Å². The molecule has 1 unspecified atom stereocenters. The van der Waals surface area contributed by atoms with E-state index in [1.165, 1.54) is 0 Å². The highest BCUT2D eigenvalue weighted by Gasteiger charge is 2.14. The molecular weight excluding hydrogens is 244 g/mol. The highest BCUT2D eigenvalue weighted by atomic mass is 32.2. The molecule has 0 aliphatic carbocycles. The Balaban J connectivity index is 2.40.